The van der Waals surface area contributed by atoms with E-state index in [1.165, 1.54) is 0 Å². The topological polar surface area (TPSA) is 56.2 Å². The maximum Gasteiger partial charge on any atom is 0.245 e. The molecule has 142 valence electrons. The van der Waals surface area contributed by atoms with Crippen LogP contribution in [0.1, 0.15) is 0 Å². The van der Waals surface area contributed by atoms with E-state index in [1.807, 2.05) is 24.3 Å². The fourth-order valence-corrected chi connectivity index (χ4v) is 3.74. The van der Waals surface area contributed by atoms with Crippen LogP contribution in [0.3, 0.4) is 0 Å². The van der Waals surface area contributed by atoms with Crippen LogP contribution < -0.4 is 9.64 Å². The Morgan fingerprint density at radius 2 is 1.70 bits per heavy atom. The van der Waals surface area contributed by atoms with Crippen molar-refractivity contribution in [3.05, 3.63) is 47.5 Å². The second-order valence-corrected chi connectivity index (χ2v) is 7.19. The highest BCUT2D eigenvalue weighted by Gasteiger charge is 2.30. The molecule has 0 saturated carbocycles. The quantitative estimate of drug-likeness (QED) is 0.874. The van der Waals surface area contributed by atoms with Gasteiger partial charge in [0.05, 0.1) is 24.5 Å². The molecule has 27 heavy (non-hydrogen) atoms. The van der Waals surface area contributed by atoms with E-state index in [0.717, 1.165) is 31.9 Å². The lowest BCUT2D eigenvalue weighted by atomic mass is 10.1. The normalized spacial score (nSPS) is 17.2. The van der Waals surface area contributed by atoms with Crippen molar-refractivity contribution in [3.8, 4) is 11.5 Å². The predicted octanol–water partition coefficient (Wildman–Crippen LogP) is 2.72. The van der Waals surface area contributed by atoms with Crippen LogP contribution in [0.4, 0.5) is 11.4 Å². The highest BCUT2D eigenvalue weighted by atomic mass is 35.5. The van der Waals surface area contributed by atoms with Crippen molar-refractivity contribution < 1.29 is 14.6 Å². The molecule has 1 fully saturated rings. The molecule has 2 aliphatic heterocycles. The third kappa shape index (κ3) is 3.80. The number of hydrogen-bond donors (Lipinski definition) is 1. The van der Waals surface area contributed by atoms with Gasteiger partial charge in [0.1, 0.15) is 0 Å². The monoisotopic (exact) mass is 387 g/mol. The first-order valence-corrected chi connectivity index (χ1v) is 9.48. The second kappa shape index (κ2) is 7.86. The number of hydrogen-bond acceptors (Lipinski definition) is 5. The van der Waals surface area contributed by atoms with Crippen molar-refractivity contribution in [1.82, 2.24) is 9.80 Å². The van der Waals surface area contributed by atoms with Gasteiger partial charge in [0.2, 0.25) is 5.91 Å². The minimum atomic E-state index is -0.00938. The van der Waals surface area contributed by atoms with Crippen molar-refractivity contribution in [2.45, 2.75) is 0 Å². The van der Waals surface area contributed by atoms with Crippen LogP contribution >= 0.6 is 11.6 Å². The summed E-state index contributed by atoms with van der Waals surface area (Å²) in [6.07, 6.45) is 0. The number of nitrogens with zero attached hydrogens (tertiary/aromatic N) is 3. The van der Waals surface area contributed by atoms with Gasteiger partial charge in [0.25, 0.3) is 0 Å². The molecule has 6 nitrogen and oxygen atoms in total. The molecule has 0 unspecified atom stereocenters. The number of β-amino-alcohol motifs (C(OH)–C–C–N with tert-alkyl or cyclic N) is 1. The predicted molar refractivity (Wildman–Crippen MR) is 105 cm³/mol. The lowest BCUT2D eigenvalue weighted by Gasteiger charge is -2.36. The molecule has 0 bridgehead atoms. The molecule has 4 rings (SSSR count). The Labute approximate surface area is 163 Å². The van der Waals surface area contributed by atoms with Crippen molar-refractivity contribution in [2.24, 2.45) is 0 Å². The Hall–Kier alpha value is -2.12. The first-order valence-electron chi connectivity index (χ1n) is 9.10. The van der Waals surface area contributed by atoms with Crippen LogP contribution in [0.5, 0.6) is 11.5 Å². The SMILES string of the molecule is O=C(CN1CCN(CCO)CC1)N1c2ccccc2Oc2ccc(Cl)cc21. The highest BCUT2D eigenvalue weighted by Crippen LogP contribution is 2.47. The summed E-state index contributed by atoms with van der Waals surface area (Å²) < 4.78 is 5.95. The van der Waals surface area contributed by atoms with Crippen molar-refractivity contribution in [3.63, 3.8) is 0 Å². The van der Waals surface area contributed by atoms with E-state index in [1.54, 1.807) is 23.1 Å². The maximum absolute atomic E-state index is 13.2. The third-order valence-electron chi connectivity index (χ3n) is 4.98. The van der Waals surface area contributed by atoms with Crippen LogP contribution in [-0.2, 0) is 4.79 Å². The zero-order chi connectivity index (χ0) is 18.8. The standard InChI is InChI=1S/C20H22ClN3O3/c21-15-5-6-19-17(13-15)24(16-3-1-2-4-18(16)27-19)20(26)14-23-9-7-22(8-10-23)11-12-25/h1-6,13,25H,7-12,14H2. The Kier molecular flexibility index (Phi) is 5.31. The van der Waals surface area contributed by atoms with Crippen molar-refractivity contribution >= 4 is 28.9 Å². The molecule has 0 aromatic heterocycles. The summed E-state index contributed by atoms with van der Waals surface area (Å²) in [6.45, 7) is 4.50. The summed E-state index contributed by atoms with van der Waals surface area (Å²) in [5.74, 6) is 1.28. The molecule has 2 heterocycles. The van der Waals surface area contributed by atoms with E-state index in [4.69, 9.17) is 21.4 Å². The van der Waals surface area contributed by atoms with Gasteiger partial charge >= 0.3 is 0 Å². The molecular formula is C20H22ClN3O3. The van der Waals surface area contributed by atoms with Crippen molar-refractivity contribution in [2.75, 3.05) is 50.8 Å². The average Bonchev–Trinajstić information content (AvgIpc) is 2.68. The van der Waals surface area contributed by atoms with Gasteiger partial charge in [-0.25, -0.2) is 0 Å². The van der Waals surface area contributed by atoms with E-state index >= 15 is 0 Å². The molecule has 0 spiro atoms. The number of benzene rings is 2. The van der Waals surface area contributed by atoms with Gasteiger partial charge in [-0.3, -0.25) is 19.5 Å². The summed E-state index contributed by atoms with van der Waals surface area (Å²) in [5, 5.41) is 9.63. The lowest BCUT2D eigenvalue weighted by Crippen LogP contribution is -2.50. The number of piperazine rings is 1. The number of carbonyl (C=O) groups excluding carboxylic acids is 1. The van der Waals surface area contributed by atoms with Crippen molar-refractivity contribution in [1.29, 1.82) is 0 Å². The summed E-state index contributed by atoms with van der Waals surface area (Å²) >= 11 is 6.18. The number of para-hydroxylation sites is 2. The fourth-order valence-electron chi connectivity index (χ4n) is 3.57. The van der Waals surface area contributed by atoms with Crippen LogP contribution in [0.25, 0.3) is 0 Å². The molecular weight excluding hydrogens is 366 g/mol. The Morgan fingerprint density at radius 1 is 1.00 bits per heavy atom. The molecule has 1 amide bonds. The first-order chi connectivity index (χ1) is 13.2. The molecule has 2 aromatic carbocycles. The molecule has 1 N–H and O–H groups in total. The summed E-state index contributed by atoms with van der Waals surface area (Å²) in [4.78, 5) is 19.3. The lowest BCUT2D eigenvalue weighted by molar-refractivity contribution is -0.119. The summed E-state index contributed by atoms with van der Waals surface area (Å²) in [5.41, 5.74) is 1.40. The zero-order valence-corrected chi connectivity index (χ0v) is 15.7. The summed E-state index contributed by atoms with van der Waals surface area (Å²) in [7, 11) is 0. The number of aliphatic hydroxyl groups excluding tert-OH is 1. The summed E-state index contributed by atoms with van der Waals surface area (Å²) in [6, 6.07) is 12.9. The van der Waals surface area contributed by atoms with Crippen LogP contribution in [0.2, 0.25) is 5.02 Å². The Balaban J connectivity index is 1.56. The van der Waals surface area contributed by atoms with Gasteiger partial charge < -0.3 is 9.84 Å². The minimum absolute atomic E-state index is 0.00938. The van der Waals surface area contributed by atoms with E-state index in [0.29, 0.717) is 35.3 Å². The minimum Gasteiger partial charge on any atom is -0.453 e. The molecule has 0 atom stereocenters. The number of halogens is 1. The zero-order valence-electron chi connectivity index (χ0n) is 15.0. The van der Waals surface area contributed by atoms with Crippen LogP contribution in [0, 0.1) is 0 Å². The maximum atomic E-state index is 13.2. The number of rotatable bonds is 4. The van der Waals surface area contributed by atoms with Gasteiger partial charge in [-0.2, -0.15) is 0 Å². The number of amides is 1. The third-order valence-corrected chi connectivity index (χ3v) is 5.21. The number of ether oxygens (including phenoxy) is 1. The Morgan fingerprint density at radius 3 is 2.48 bits per heavy atom. The van der Waals surface area contributed by atoms with E-state index < -0.39 is 0 Å². The van der Waals surface area contributed by atoms with Gasteiger partial charge in [0.15, 0.2) is 11.5 Å². The van der Waals surface area contributed by atoms with Crippen LogP contribution in [0.15, 0.2) is 42.5 Å². The smallest absolute Gasteiger partial charge is 0.245 e. The highest BCUT2D eigenvalue weighted by molar-refractivity contribution is 6.31. The van der Waals surface area contributed by atoms with E-state index in [9.17, 15) is 4.79 Å². The van der Waals surface area contributed by atoms with Gasteiger partial charge in [-0.05, 0) is 30.3 Å². The molecule has 0 radical (unpaired) electrons. The van der Waals surface area contributed by atoms with Gasteiger partial charge in [-0.1, -0.05) is 23.7 Å². The molecule has 2 aromatic rings. The van der Waals surface area contributed by atoms with E-state index in [-0.39, 0.29) is 12.5 Å². The van der Waals surface area contributed by atoms with Gasteiger partial charge in [-0.15, -0.1) is 0 Å². The molecule has 7 heteroatoms. The molecule has 2 aliphatic rings. The number of anilines is 2. The number of aliphatic hydroxyl groups is 1. The average molecular weight is 388 g/mol. The second-order valence-electron chi connectivity index (χ2n) is 6.75. The fraction of sp³-hybridized carbons (Fsp3) is 0.350. The molecule has 1 saturated heterocycles. The van der Waals surface area contributed by atoms with Gasteiger partial charge in [0, 0.05) is 37.7 Å². The Bertz CT molecular complexity index is 837. The van der Waals surface area contributed by atoms with Crippen LogP contribution in [-0.4, -0.2) is 66.7 Å². The largest absolute Gasteiger partial charge is 0.453 e. The number of carbonyl (C=O) groups is 1. The van der Waals surface area contributed by atoms with E-state index in [2.05, 4.69) is 9.80 Å². The number of fused-ring (bicyclic) bond motifs is 2. The molecule has 0 aliphatic carbocycles. The first kappa shape index (κ1) is 18.3.